The van der Waals surface area contributed by atoms with Crippen molar-refractivity contribution in [1.29, 1.82) is 0 Å². The third-order valence-electron chi connectivity index (χ3n) is 2.75. The Morgan fingerprint density at radius 1 is 1.47 bits per heavy atom. The van der Waals surface area contributed by atoms with E-state index in [1.54, 1.807) is 0 Å². The van der Waals surface area contributed by atoms with Crippen LogP contribution in [0.3, 0.4) is 0 Å². The van der Waals surface area contributed by atoms with E-state index < -0.39 is 0 Å². The number of aromatic nitrogens is 1. The largest absolute Gasteiger partial charge is 0.369 e. The predicted octanol–water partition coefficient (Wildman–Crippen LogP) is 3.05. The van der Waals surface area contributed by atoms with Crippen LogP contribution >= 0.6 is 11.6 Å². The maximum Gasteiger partial charge on any atom is 0.144 e. The average molecular weight is 254 g/mol. The molecule has 0 aromatic carbocycles. The molecule has 0 atom stereocenters. The van der Waals surface area contributed by atoms with Gasteiger partial charge < -0.3 is 10.6 Å². The fourth-order valence-electron chi connectivity index (χ4n) is 1.55. The van der Waals surface area contributed by atoms with Gasteiger partial charge >= 0.3 is 0 Å². The van der Waals surface area contributed by atoms with Crippen LogP contribution in [-0.2, 0) is 6.54 Å². The molecule has 0 saturated heterocycles. The summed E-state index contributed by atoms with van der Waals surface area (Å²) in [5, 5.41) is 7.41. The van der Waals surface area contributed by atoms with Crippen LogP contribution in [-0.4, -0.2) is 17.6 Å². The van der Waals surface area contributed by atoms with Crippen molar-refractivity contribution in [2.24, 2.45) is 5.92 Å². The minimum Gasteiger partial charge on any atom is -0.369 e. The third kappa shape index (κ3) is 4.17. The number of anilines is 1. The number of pyridine rings is 1. The number of rotatable bonds is 6. The molecule has 1 aromatic rings. The molecule has 0 unspecified atom stereocenters. The van der Waals surface area contributed by atoms with Crippen molar-refractivity contribution in [3.05, 3.63) is 22.8 Å². The van der Waals surface area contributed by atoms with E-state index in [0.717, 1.165) is 24.5 Å². The first-order valence-electron chi connectivity index (χ1n) is 6.27. The van der Waals surface area contributed by atoms with Crippen LogP contribution in [0.1, 0.15) is 32.3 Å². The summed E-state index contributed by atoms with van der Waals surface area (Å²) in [6.45, 7) is 6.08. The van der Waals surface area contributed by atoms with Crippen molar-refractivity contribution < 1.29 is 0 Å². The Hall–Kier alpha value is -0.800. The third-order valence-corrected chi connectivity index (χ3v) is 3.04. The first kappa shape index (κ1) is 12.7. The molecular weight excluding hydrogens is 234 g/mol. The number of halogens is 1. The fourth-order valence-corrected chi connectivity index (χ4v) is 1.81. The minimum atomic E-state index is 0.587. The molecule has 94 valence electrons. The summed E-state index contributed by atoms with van der Waals surface area (Å²) in [6.07, 6.45) is 4.49. The fraction of sp³-hybridized carbons (Fsp3) is 0.615. The molecule has 0 radical (unpaired) electrons. The Morgan fingerprint density at radius 3 is 2.82 bits per heavy atom. The highest BCUT2D eigenvalue weighted by molar-refractivity contribution is 6.32. The maximum atomic E-state index is 6.19. The molecule has 4 heteroatoms. The standard InChI is InChI=1S/C13H20ClN3/c1-9(2)6-16-13-12(14)5-10(8-17-13)7-15-11-3-4-11/h5,8-9,11,15H,3-4,6-7H2,1-2H3,(H,16,17). The van der Waals surface area contributed by atoms with Gasteiger partial charge in [0.2, 0.25) is 0 Å². The second-order valence-corrected chi connectivity index (χ2v) is 5.51. The van der Waals surface area contributed by atoms with E-state index in [9.17, 15) is 0 Å². The smallest absolute Gasteiger partial charge is 0.144 e. The second-order valence-electron chi connectivity index (χ2n) is 5.10. The van der Waals surface area contributed by atoms with E-state index in [-0.39, 0.29) is 0 Å². The summed E-state index contributed by atoms with van der Waals surface area (Å²) in [5.74, 6) is 1.37. The summed E-state index contributed by atoms with van der Waals surface area (Å²) in [5.41, 5.74) is 1.15. The van der Waals surface area contributed by atoms with Crippen LogP contribution in [0.5, 0.6) is 0 Å². The van der Waals surface area contributed by atoms with Crippen LogP contribution < -0.4 is 10.6 Å². The van der Waals surface area contributed by atoms with Crippen LogP contribution in [0.25, 0.3) is 0 Å². The molecule has 2 rings (SSSR count). The normalized spacial score (nSPS) is 15.3. The zero-order valence-corrected chi connectivity index (χ0v) is 11.2. The number of hydrogen-bond acceptors (Lipinski definition) is 3. The lowest BCUT2D eigenvalue weighted by atomic mass is 10.2. The molecule has 1 saturated carbocycles. The van der Waals surface area contributed by atoms with Crippen molar-refractivity contribution in [2.45, 2.75) is 39.3 Å². The SMILES string of the molecule is CC(C)CNc1ncc(CNC2CC2)cc1Cl. The van der Waals surface area contributed by atoms with Gasteiger partial charge in [0.15, 0.2) is 0 Å². The lowest BCUT2D eigenvalue weighted by molar-refractivity contribution is 0.682. The van der Waals surface area contributed by atoms with E-state index in [2.05, 4.69) is 29.5 Å². The lowest BCUT2D eigenvalue weighted by Crippen LogP contribution is -2.16. The second kappa shape index (κ2) is 5.69. The molecule has 1 aliphatic rings. The molecule has 1 aliphatic carbocycles. The Labute approximate surface area is 108 Å². The number of nitrogens with one attached hydrogen (secondary N) is 2. The molecule has 0 bridgehead atoms. The van der Waals surface area contributed by atoms with Gasteiger partial charge in [0, 0.05) is 25.3 Å². The zero-order valence-electron chi connectivity index (χ0n) is 10.5. The van der Waals surface area contributed by atoms with Gasteiger partial charge in [-0.25, -0.2) is 4.98 Å². The van der Waals surface area contributed by atoms with Gasteiger partial charge in [0.1, 0.15) is 5.82 Å². The molecule has 0 spiro atoms. The molecule has 1 aromatic heterocycles. The summed E-state index contributed by atoms with van der Waals surface area (Å²) < 4.78 is 0. The summed E-state index contributed by atoms with van der Waals surface area (Å²) >= 11 is 6.19. The van der Waals surface area contributed by atoms with Gasteiger partial charge in [-0.05, 0) is 30.4 Å². The molecule has 17 heavy (non-hydrogen) atoms. The van der Waals surface area contributed by atoms with Gasteiger partial charge in [0.25, 0.3) is 0 Å². The van der Waals surface area contributed by atoms with Crippen LogP contribution in [0.15, 0.2) is 12.3 Å². The highest BCUT2D eigenvalue weighted by atomic mass is 35.5. The number of nitrogens with zero attached hydrogens (tertiary/aromatic N) is 1. The van der Waals surface area contributed by atoms with Gasteiger partial charge in [-0.15, -0.1) is 0 Å². The van der Waals surface area contributed by atoms with E-state index in [0.29, 0.717) is 17.0 Å². The Balaban J connectivity index is 1.90. The Morgan fingerprint density at radius 2 is 2.24 bits per heavy atom. The topological polar surface area (TPSA) is 37.0 Å². The quantitative estimate of drug-likeness (QED) is 0.818. The van der Waals surface area contributed by atoms with Gasteiger partial charge in [-0.1, -0.05) is 25.4 Å². The van der Waals surface area contributed by atoms with Crippen molar-refractivity contribution >= 4 is 17.4 Å². The van der Waals surface area contributed by atoms with E-state index in [1.165, 1.54) is 12.8 Å². The van der Waals surface area contributed by atoms with Crippen molar-refractivity contribution in [2.75, 3.05) is 11.9 Å². The molecule has 1 fully saturated rings. The molecular formula is C13H20ClN3. The zero-order chi connectivity index (χ0) is 12.3. The minimum absolute atomic E-state index is 0.587. The number of hydrogen-bond donors (Lipinski definition) is 2. The highest BCUT2D eigenvalue weighted by Gasteiger charge is 2.20. The van der Waals surface area contributed by atoms with Crippen molar-refractivity contribution in [3.63, 3.8) is 0 Å². The molecule has 2 N–H and O–H groups in total. The lowest BCUT2D eigenvalue weighted by Gasteiger charge is -2.11. The van der Waals surface area contributed by atoms with Gasteiger partial charge in [0.05, 0.1) is 5.02 Å². The first-order chi connectivity index (χ1) is 8.15. The highest BCUT2D eigenvalue weighted by Crippen LogP contribution is 2.22. The van der Waals surface area contributed by atoms with Crippen LogP contribution in [0, 0.1) is 5.92 Å². The summed E-state index contributed by atoms with van der Waals surface area (Å²) in [7, 11) is 0. The average Bonchev–Trinajstić information content (AvgIpc) is 3.08. The van der Waals surface area contributed by atoms with Gasteiger partial charge in [-0.2, -0.15) is 0 Å². The molecule has 3 nitrogen and oxygen atoms in total. The van der Waals surface area contributed by atoms with Crippen molar-refractivity contribution in [1.82, 2.24) is 10.3 Å². The predicted molar refractivity (Wildman–Crippen MR) is 72.4 cm³/mol. The molecule has 0 aliphatic heterocycles. The first-order valence-corrected chi connectivity index (χ1v) is 6.64. The van der Waals surface area contributed by atoms with Crippen molar-refractivity contribution in [3.8, 4) is 0 Å². The van der Waals surface area contributed by atoms with Gasteiger partial charge in [-0.3, -0.25) is 0 Å². The summed E-state index contributed by atoms with van der Waals surface area (Å²) in [4.78, 5) is 4.37. The molecule has 1 heterocycles. The van der Waals surface area contributed by atoms with E-state index in [4.69, 9.17) is 11.6 Å². The Kier molecular flexibility index (Phi) is 4.24. The summed E-state index contributed by atoms with van der Waals surface area (Å²) in [6, 6.07) is 2.71. The maximum absolute atomic E-state index is 6.19. The monoisotopic (exact) mass is 253 g/mol. The van der Waals surface area contributed by atoms with E-state index in [1.807, 2.05) is 12.3 Å². The van der Waals surface area contributed by atoms with Crippen LogP contribution in [0.2, 0.25) is 5.02 Å². The Bertz CT molecular complexity index is 375. The van der Waals surface area contributed by atoms with E-state index >= 15 is 0 Å². The molecule has 0 amide bonds. The van der Waals surface area contributed by atoms with Crippen LogP contribution in [0.4, 0.5) is 5.82 Å².